The Balaban J connectivity index is 2.48. The molecule has 0 spiro atoms. The van der Waals surface area contributed by atoms with Crippen molar-refractivity contribution in [2.45, 2.75) is 0 Å². The highest BCUT2D eigenvalue weighted by molar-refractivity contribution is 5.57. The van der Waals surface area contributed by atoms with Gasteiger partial charge in [-0.1, -0.05) is 30.3 Å². The van der Waals surface area contributed by atoms with E-state index in [9.17, 15) is 0 Å². The van der Waals surface area contributed by atoms with Gasteiger partial charge in [-0.25, -0.2) is 10.8 Å². The second kappa shape index (κ2) is 4.59. The number of ether oxygens (including phenoxy) is 1. The van der Waals surface area contributed by atoms with E-state index in [1.165, 1.54) is 0 Å². The van der Waals surface area contributed by atoms with Gasteiger partial charge in [0.15, 0.2) is 5.82 Å². The van der Waals surface area contributed by atoms with Crippen molar-refractivity contribution in [1.82, 2.24) is 9.97 Å². The van der Waals surface area contributed by atoms with Gasteiger partial charge in [0.2, 0.25) is 5.88 Å². The SMILES string of the molecule is COc1cc(NN)nc(-c2ccccc2)n1. The van der Waals surface area contributed by atoms with Crippen molar-refractivity contribution < 1.29 is 4.74 Å². The Morgan fingerprint density at radius 1 is 1.19 bits per heavy atom. The van der Waals surface area contributed by atoms with Crippen LogP contribution in [0.15, 0.2) is 36.4 Å². The Kier molecular flexibility index (Phi) is 2.98. The number of methoxy groups -OCH3 is 1. The summed E-state index contributed by atoms with van der Waals surface area (Å²) < 4.78 is 5.07. The first-order chi connectivity index (χ1) is 7.83. The molecule has 0 bridgehead atoms. The number of nitrogens with two attached hydrogens (primary N) is 1. The van der Waals surface area contributed by atoms with Crippen molar-refractivity contribution in [2.24, 2.45) is 5.84 Å². The van der Waals surface area contributed by atoms with E-state index < -0.39 is 0 Å². The van der Waals surface area contributed by atoms with Crippen LogP contribution < -0.4 is 16.0 Å². The van der Waals surface area contributed by atoms with Crippen LogP contribution in [0.25, 0.3) is 11.4 Å². The third-order valence-electron chi connectivity index (χ3n) is 2.09. The smallest absolute Gasteiger partial charge is 0.218 e. The van der Waals surface area contributed by atoms with Gasteiger partial charge in [-0.15, -0.1) is 0 Å². The summed E-state index contributed by atoms with van der Waals surface area (Å²) >= 11 is 0. The number of benzene rings is 1. The van der Waals surface area contributed by atoms with Gasteiger partial charge in [0.25, 0.3) is 0 Å². The molecule has 2 aromatic rings. The van der Waals surface area contributed by atoms with E-state index in [0.717, 1.165) is 5.56 Å². The van der Waals surface area contributed by atoms with Crippen molar-refractivity contribution in [1.29, 1.82) is 0 Å². The Morgan fingerprint density at radius 3 is 2.56 bits per heavy atom. The van der Waals surface area contributed by atoms with Crippen LogP contribution in [0.3, 0.4) is 0 Å². The largest absolute Gasteiger partial charge is 0.481 e. The molecule has 0 aliphatic carbocycles. The van der Waals surface area contributed by atoms with Gasteiger partial charge in [-0.2, -0.15) is 4.98 Å². The minimum absolute atomic E-state index is 0.474. The number of anilines is 1. The Morgan fingerprint density at radius 2 is 1.94 bits per heavy atom. The molecular formula is C11H12N4O. The lowest BCUT2D eigenvalue weighted by Crippen LogP contribution is -2.09. The van der Waals surface area contributed by atoms with Gasteiger partial charge in [-0.05, 0) is 0 Å². The van der Waals surface area contributed by atoms with Crippen molar-refractivity contribution in [3.05, 3.63) is 36.4 Å². The zero-order valence-corrected chi connectivity index (χ0v) is 8.84. The molecule has 0 saturated carbocycles. The highest BCUT2D eigenvalue weighted by Gasteiger charge is 2.05. The normalized spacial score (nSPS) is 9.88. The van der Waals surface area contributed by atoms with Crippen LogP contribution in [0.2, 0.25) is 0 Å². The van der Waals surface area contributed by atoms with Gasteiger partial charge in [0.1, 0.15) is 5.82 Å². The van der Waals surface area contributed by atoms with Crippen molar-refractivity contribution in [2.75, 3.05) is 12.5 Å². The summed E-state index contributed by atoms with van der Waals surface area (Å²) in [6.45, 7) is 0. The van der Waals surface area contributed by atoms with Crippen molar-refractivity contribution in [3.8, 4) is 17.3 Å². The molecule has 0 atom stereocenters. The number of nitrogens with zero attached hydrogens (tertiary/aromatic N) is 2. The van der Waals surface area contributed by atoms with E-state index in [-0.39, 0.29) is 0 Å². The second-order valence-electron chi connectivity index (χ2n) is 3.13. The van der Waals surface area contributed by atoms with E-state index in [1.54, 1.807) is 13.2 Å². The molecular weight excluding hydrogens is 204 g/mol. The fourth-order valence-corrected chi connectivity index (χ4v) is 1.32. The first kappa shape index (κ1) is 10.4. The molecule has 16 heavy (non-hydrogen) atoms. The summed E-state index contributed by atoms with van der Waals surface area (Å²) in [5.41, 5.74) is 3.40. The standard InChI is InChI=1S/C11H12N4O/c1-16-10-7-9(15-12)13-11(14-10)8-5-3-2-4-6-8/h2-7H,12H2,1H3,(H,13,14,15). The number of hydrogen-bond acceptors (Lipinski definition) is 5. The highest BCUT2D eigenvalue weighted by Crippen LogP contribution is 2.20. The van der Waals surface area contributed by atoms with E-state index in [1.807, 2.05) is 30.3 Å². The van der Waals surface area contributed by atoms with E-state index in [4.69, 9.17) is 10.6 Å². The minimum Gasteiger partial charge on any atom is -0.481 e. The maximum atomic E-state index is 5.32. The maximum absolute atomic E-state index is 5.32. The zero-order chi connectivity index (χ0) is 11.4. The third-order valence-corrected chi connectivity index (χ3v) is 2.09. The summed E-state index contributed by atoms with van der Waals surface area (Å²) in [5, 5.41) is 0. The Bertz CT molecular complexity index is 450. The number of rotatable bonds is 3. The maximum Gasteiger partial charge on any atom is 0.218 e. The molecule has 1 aromatic carbocycles. The van der Waals surface area contributed by atoms with Crippen LogP contribution in [0, 0.1) is 0 Å². The number of hydrazine groups is 1. The molecule has 5 heteroatoms. The molecule has 0 radical (unpaired) electrons. The molecule has 0 saturated heterocycles. The monoisotopic (exact) mass is 216 g/mol. The molecule has 5 nitrogen and oxygen atoms in total. The van der Waals surface area contributed by atoms with Gasteiger partial charge < -0.3 is 10.2 Å². The molecule has 0 amide bonds. The Hall–Kier alpha value is -2.14. The zero-order valence-electron chi connectivity index (χ0n) is 8.84. The van der Waals surface area contributed by atoms with Crippen molar-refractivity contribution in [3.63, 3.8) is 0 Å². The van der Waals surface area contributed by atoms with E-state index in [0.29, 0.717) is 17.5 Å². The van der Waals surface area contributed by atoms with Crippen LogP contribution in [-0.4, -0.2) is 17.1 Å². The third kappa shape index (κ3) is 2.09. The summed E-state index contributed by atoms with van der Waals surface area (Å²) in [6.07, 6.45) is 0. The van der Waals surface area contributed by atoms with Gasteiger partial charge >= 0.3 is 0 Å². The number of aromatic nitrogens is 2. The molecule has 2 rings (SSSR count). The lowest BCUT2D eigenvalue weighted by molar-refractivity contribution is 0.398. The molecule has 0 aliphatic rings. The summed E-state index contributed by atoms with van der Waals surface area (Å²) in [6, 6.07) is 11.3. The fourth-order valence-electron chi connectivity index (χ4n) is 1.32. The van der Waals surface area contributed by atoms with Gasteiger partial charge in [0, 0.05) is 11.6 Å². The predicted molar refractivity (Wildman–Crippen MR) is 61.8 cm³/mol. The van der Waals surface area contributed by atoms with Crippen LogP contribution >= 0.6 is 0 Å². The van der Waals surface area contributed by atoms with Crippen LogP contribution in [0.1, 0.15) is 0 Å². The number of nitrogen functional groups attached to an aromatic ring is 1. The number of hydrogen-bond donors (Lipinski definition) is 2. The van der Waals surface area contributed by atoms with Crippen LogP contribution in [0.5, 0.6) is 5.88 Å². The van der Waals surface area contributed by atoms with E-state index >= 15 is 0 Å². The highest BCUT2D eigenvalue weighted by atomic mass is 16.5. The predicted octanol–water partition coefficient (Wildman–Crippen LogP) is 1.44. The first-order valence-electron chi connectivity index (χ1n) is 4.78. The average Bonchev–Trinajstić information content (AvgIpc) is 2.39. The summed E-state index contributed by atoms with van der Waals surface area (Å²) in [7, 11) is 1.55. The molecule has 0 fully saturated rings. The summed E-state index contributed by atoms with van der Waals surface area (Å²) in [5.74, 6) is 6.89. The second-order valence-corrected chi connectivity index (χ2v) is 3.13. The van der Waals surface area contributed by atoms with E-state index in [2.05, 4.69) is 15.4 Å². The topological polar surface area (TPSA) is 73.1 Å². The van der Waals surface area contributed by atoms with Crippen LogP contribution in [-0.2, 0) is 0 Å². The first-order valence-corrected chi connectivity index (χ1v) is 4.78. The molecule has 82 valence electrons. The van der Waals surface area contributed by atoms with Gasteiger partial charge in [0.05, 0.1) is 7.11 Å². The lowest BCUT2D eigenvalue weighted by Gasteiger charge is -2.06. The molecule has 3 N–H and O–H groups in total. The van der Waals surface area contributed by atoms with Crippen molar-refractivity contribution >= 4 is 5.82 Å². The molecule has 1 heterocycles. The Labute approximate surface area is 93.3 Å². The number of nitrogens with one attached hydrogen (secondary N) is 1. The fraction of sp³-hybridized carbons (Fsp3) is 0.0909. The molecule has 0 unspecified atom stereocenters. The van der Waals surface area contributed by atoms with Crippen LogP contribution in [0.4, 0.5) is 5.82 Å². The minimum atomic E-state index is 0.474. The quantitative estimate of drug-likeness (QED) is 0.600. The lowest BCUT2D eigenvalue weighted by atomic mass is 10.2. The molecule has 1 aromatic heterocycles. The summed E-state index contributed by atoms with van der Waals surface area (Å²) in [4.78, 5) is 8.48. The molecule has 0 aliphatic heterocycles. The average molecular weight is 216 g/mol. The van der Waals surface area contributed by atoms with Gasteiger partial charge in [-0.3, -0.25) is 0 Å².